The van der Waals surface area contributed by atoms with Crippen molar-refractivity contribution < 1.29 is 4.79 Å². The van der Waals surface area contributed by atoms with E-state index < -0.39 is 0 Å². The lowest BCUT2D eigenvalue weighted by Gasteiger charge is -2.32. The van der Waals surface area contributed by atoms with Gasteiger partial charge in [0.15, 0.2) is 0 Å². The van der Waals surface area contributed by atoms with Gasteiger partial charge in [-0.05, 0) is 55.6 Å². The minimum absolute atomic E-state index is 0.151. The van der Waals surface area contributed by atoms with Gasteiger partial charge in [0.1, 0.15) is 5.69 Å². The second-order valence-electron chi connectivity index (χ2n) is 8.53. The summed E-state index contributed by atoms with van der Waals surface area (Å²) in [4.78, 5) is 21.8. The summed E-state index contributed by atoms with van der Waals surface area (Å²) in [7, 11) is 0. The topological polar surface area (TPSA) is 80.9 Å². The van der Waals surface area contributed by atoms with Gasteiger partial charge in [0, 0.05) is 23.5 Å². The van der Waals surface area contributed by atoms with Crippen LogP contribution in [0.15, 0.2) is 23.8 Å². The Hall–Kier alpha value is -1.79. The van der Waals surface area contributed by atoms with E-state index in [1.807, 2.05) is 11.4 Å². The summed E-state index contributed by atoms with van der Waals surface area (Å²) < 4.78 is 0. The standard InChI is InChI=1S/C23H34N4OS/c1-4-6-16(7-5-2)23-27-21(14-29-23)22(28)26-20-13-25-9-8-19(20)17-10-15(3)11-18(24)12-17/h8-9,13-18H,4-7,10-12,24H2,1-3H3,(H,26,28)/t15-,17+,18-/m0/s1. The number of anilines is 1. The van der Waals surface area contributed by atoms with Crippen LogP contribution in [-0.4, -0.2) is 21.9 Å². The van der Waals surface area contributed by atoms with Crippen molar-refractivity contribution in [3.05, 3.63) is 40.1 Å². The molecule has 29 heavy (non-hydrogen) atoms. The number of nitrogens with zero attached hydrogens (tertiary/aromatic N) is 2. The van der Waals surface area contributed by atoms with Gasteiger partial charge in [-0.25, -0.2) is 4.98 Å². The molecule has 0 saturated heterocycles. The molecule has 3 N–H and O–H groups in total. The zero-order valence-electron chi connectivity index (χ0n) is 17.9. The van der Waals surface area contributed by atoms with E-state index in [1.54, 1.807) is 23.7 Å². The maximum Gasteiger partial charge on any atom is 0.275 e. The van der Waals surface area contributed by atoms with Crippen LogP contribution >= 0.6 is 11.3 Å². The molecule has 3 rings (SSSR count). The second-order valence-corrected chi connectivity index (χ2v) is 9.42. The first-order valence-corrected chi connectivity index (χ1v) is 11.9. The number of thiazole rings is 1. The number of rotatable bonds is 8. The third kappa shape index (κ3) is 5.64. The number of carbonyl (C=O) groups excluding carboxylic acids is 1. The number of hydrogen-bond donors (Lipinski definition) is 2. The number of amides is 1. The van der Waals surface area contributed by atoms with Crippen molar-refractivity contribution in [2.75, 3.05) is 5.32 Å². The molecule has 3 atom stereocenters. The summed E-state index contributed by atoms with van der Waals surface area (Å²) in [6, 6.07) is 2.24. The average Bonchev–Trinajstić information content (AvgIpc) is 3.18. The fourth-order valence-corrected chi connectivity index (χ4v) is 5.60. The van der Waals surface area contributed by atoms with Crippen molar-refractivity contribution in [1.29, 1.82) is 0 Å². The maximum atomic E-state index is 12.9. The summed E-state index contributed by atoms with van der Waals surface area (Å²) in [5.74, 6) is 1.25. The monoisotopic (exact) mass is 414 g/mol. The largest absolute Gasteiger partial charge is 0.328 e. The van der Waals surface area contributed by atoms with Crippen LogP contribution < -0.4 is 11.1 Å². The molecule has 2 heterocycles. The van der Waals surface area contributed by atoms with Gasteiger partial charge in [-0.15, -0.1) is 11.3 Å². The smallest absolute Gasteiger partial charge is 0.275 e. The molecule has 0 aromatic carbocycles. The molecule has 0 radical (unpaired) electrons. The van der Waals surface area contributed by atoms with Gasteiger partial charge >= 0.3 is 0 Å². The number of aromatic nitrogens is 2. The quantitative estimate of drug-likeness (QED) is 0.580. The molecule has 6 heteroatoms. The zero-order valence-corrected chi connectivity index (χ0v) is 18.7. The van der Waals surface area contributed by atoms with Crippen LogP contribution in [0.3, 0.4) is 0 Å². The molecule has 0 bridgehead atoms. The van der Waals surface area contributed by atoms with Gasteiger partial charge in [-0.1, -0.05) is 33.6 Å². The van der Waals surface area contributed by atoms with Crippen LogP contribution in [0.1, 0.15) is 98.6 Å². The Morgan fingerprint density at radius 2 is 2.03 bits per heavy atom. The van der Waals surface area contributed by atoms with Crippen molar-refractivity contribution >= 4 is 22.9 Å². The lowest BCUT2D eigenvalue weighted by Crippen LogP contribution is -2.31. The van der Waals surface area contributed by atoms with Crippen LogP contribution in [0.4, 0.5) is 5.69 Å². The van der Waals surface area contributed by atoms with Crippen LogP contribution in [0.2, 0.25) is 0 Å². The van der Waals surface area contributed by atoms with E-state index in [-0.39, 0.29) is 11.9 Å². The first-order chi connectivity index (χ1) is 14.0. The molecule has 1 aliphatic rings. The molecule has 5 nitrogen and oxygen atoms in total. The highest BCUT2D eigenvalue weighted by atomic mass is 32.1. The van der Waals surface area contributed by atoms with E-state index in [4.69, 9.17) is 5.73 Å². The second kappa shape index (κ2) is 10.3. The Labute approximate surface area is 178 Å². The van der Waals surface area contributed by atoms with E-state index >= 15 is 0 Å². The number of pyridine rings is 1. The lowest BCUT2D eigenvalue weighted by molar-refractivity contribution is 0.102. The number of nitrogens with one attached hydrogen (secondary N) is 1. The molecule has 0 spiro atoms. The first kappa shape index (κ1) is 21.9. The van der Waals surface area contributed by atoms with Crippen LogP contribution in [0, 0.1) is 5.92 Å². The van der Waals surface area contributed by atoms with Crippen molar-refractivity contribution in [3.63, 3.8) is 0 Å². The van der Waals surface area contributed by atoms with Crippen LogP contribution in [0.25, 0.3) is 0 Å². The molecule has 1 fully saturated rings. The van der Waals surface area contributed by atoms with E-state index in [1.165, 1.54) is 0 Å². The normalized spacial score (nSPS) is 22.0. The van der Waals surface area contributed by atoms with Crippen molar-refractivity contribution in [3.8, 4) is 0 Å². The van der Waals surface area contributed by atoms with Gasteiger partial charge in [0.2, 0.25) is 0 Å². The highest BCUT2D eigenvalue weighted by Gasteiger charge is 2.27. The van der Waals surface area contributed by atoms with Crippen LogP contribution in [-0.2, 0) is 0 Å². The molecular formula is C23H34N4OS. The highest BCUT2D eigenvalue weighted by molar-refractivity contribution is 7.09. The number of hydrogen-bond acceptors (Lipinski definition) is 5. The van der Waals surface area contributed by atoms with E-state index in [9.17, 15) is 4.79 Å². The summed E-state index contributed by atoms with van der Waals surface area (Å²) in [5.41, 5.74) is 8.70. The Kier molecular flexibility index (Phi) is 7.78. The molecule has 1 amide bonds. The third-order valence-electron chi connectivity index (χ3n) is 5.90. The zero-order chi connectivity index (χ0) is 20.8. The average molecular weight is 415 g/mol. The molecule has 1 saturated carbocycles. The van der Waals surface area contributed by atoms with Crippen molar-refractivity contribution in [1.82, 2.24) is 9.97 Å². The van der Waals surface area contributed by atoms with Crippen LogP contribution in [0.5, 0.6) is 0 Å². The highest BCUT2D eigenvalue weighted by Crippen LogP contribution is 2.38. The van der Waals surface area contributed by atoms with Gasteiger partial charge in [0.05, 0.1) is 16.9 Å². The Morgan fingerprint density at radius 1 is 1.28 bits per heavy atom. The SMILES string of the molecule is CCCC(CCC)c1nc(C(=O)Nc2cnccc2[C@@H]2C[C@H](C)C[C@H](N)C2)cs1. The number of nitrogens with two attached hydrogens (primary N) is 1. The lowest BCUT2D eigenvalue weighted by atomic mass is 9.76. The molecule has 2 aromatic rings. The van der Waals surface area contributed by atoms with Gasteiger partial charge in [-0.3, -0.25) is 9.78 Å². The molecule has 0 unspecified atom stereocenters. The van der Waals surface area contributed by atoms with Gasteiger partial charge in [0.25, 0.3) is 5.91 Å². The fraction of sp³-hybridized carbons (Fsp3) is 0.609. The van der Waals surface area contributed by atoms with Gasteiger partial charge in [-0.2, -0.15) is 0 Å². The minimum Gasteiger partial charge on any atom is -0.328 e. The summed E-state index contributed by atoms with van der Waals surface area (Å²) in [6.07, 6.45) is 11.2. The van der Waals surface area contributed by atoms with Gasteiger partial charge < -0.3 is 11.1 Å². The molecule has 0 aliphatic heterocycles. The predicted octanol–water partition coefficient (Wildman–Crippen LogP) is 5.71. The minimum atomic E-state index is -0.151. The van der Waals surface area contributed by atoms with E-state index in [2.05, 4.69) is 36.1 Å². The third-order valence-corrected chi connectivity index (χ3v) is 6.91. The predicted molar refractivity (Wildman–Crippen MR) is 121 cm³/mol. The van der Waals surface area contributed by atoms with Crippen molar-refractivity contribution in [2.45, 2.75) is 83.6 Å². The summed E-state index contributed by atoms with van der Waals surface area (Å²) in [6.45, 7) is 6.66. The number of carbonyl (C=O) groups is 1. The van der Waals surface area contributed by atoms with Crippen molar-refractivity contribution in [2.24, 2.45) is 11.7 Å². The maximum absolute atomic E-state index is 12.9. The van der Waals surface area contributed by atoms with E-state index in [0.717, 1.165) is 61.2 Å². The molecular weight excluding hydrogens is 380 g/mol. The molecule has 158 valence electrons. The molecule has 1 aliphatic carbocycles. The summed E-state index contributed by atoms with van der Waals surface area (Å²) in [5, 5.41) is 6.04. The molecule has 2 aromatic heterocycles. The first-order valence-electron chi connectivity index (χ1n) is 11.0. The Bertz CT molecular complexity index is 790. The fourth-order valence-electron chi connectivity index (χ4n) is 4.63. The Morgan fingerprint density at radius 3 is 2.72 bits per heavy atom. The van der Waals surface area contributed by atoms with E-state index in [0.29, 0.717) is 23.4 Å². The summed E-state index contributed by atoms with van der Waals surface area (Å²) >= 11 is 1.61. The Balaban J connectivity index is 1.75.